The number of hydrogen-bond donors (Lipinski definition) is 3. The Morgan fingerprint density at radius 1 is 1.23 bits per heavy atom. The average molecular weight is 374 g/mol. The third kappa shape index (κ3) is 3.35. The maximum Gasteiger partial charge on any atom is 0.271 e. The third-order valence-corrected chi connectivity index (χ3v) is 4.03. The van der Waals surface area contributed by atoms with Crippen LogP contribution in [0.2, 0.25) is 5.02 Å². The fraction of sp³-hybridized carbons (Fsp3) is 0.0588. The second kappa shape index (κ2) is 6.85. The Kier molecular flexibility index (Phi) is 4.59. The largest absolute Gasteiger partial charge is 0.506 e. The molecule has 1 amide bonds. The van der Waals surface area contributed by atoms with Gasteiger partial charge in [-0.25, -0.2) is 0 Å². The summed E-state index contributed by atoms with van der Waals surface area (Å²) < 4.78 is 0. The molecule has 8 nitrogen and oxygen atoms in total. The molecule has 0 atom stereocenters. The molecule has 0 spiro atoms. The summed E-state index contributed by atoms with van der Waals surface area (Å²) in [5.74, 6) is -1.30. The molecule has 0 aliphatic heterocycles. The second-order valence-electron chi connectivity index (χ2n) is 5.47. The lowest BCUT2D eigenvalue weighted by molar-refractivity contribution is -0.384. The Balaban J connectivity index is 1.92. The van der Waals surface area contributed by atoms with Crippen LogP contribution in [0.3, 0.4) is 0 Å². The van der Waals surface area contributed by atoms with Gasteiger partial charge in [0, 0.05) is 29.1 Å². The number of aromatic nitrogens is 1. The number of nitrogens with one attached hydrogen (secondary N) is 2. The minimum absolute atomic E-state index is 0.0657. The Labute approximate surface area is 151 Å². The molecule has 1 aromatic heterocycles. The Hall–Kier alpha value is -3.39. The van der Waals surface area contributed by atoms with E-state index in [1.54, 1.807) is 24.3 Å². The van der Waals surface area contributed by atoms with E-state index in [4.69, 9.17) is 11.6 Å². The number of halogens is 1. The predicted molar refractivity (Wildman–Crippen MR) is 95.5 cm³/mol. The van der Waals surface area contributed by atoms with Crippen LogP contribution in [-0.2, 0) is 6.54 Å². The molecule has 9 heteroatoms. The van der Waals surface area contributed by atoms with Gasteiger partial charge in [0.25, 0.3) is 17.2 Å². The van der Waals surface area contributed by atoms with Gasteiger partial charge >= 0.3 is 0 Å². The summed E-state index contributed by atoms with van der Waals surface area (Å²) in [6, 6.07) is 10.3. The van der Waals surface area contributed by atoms with Gasteiger partial charge in [0.15, 0.2) is 0 Å². The quantitative estimate of drug-likeness (QED) is 0.479. The van der Waals surface area contributed by atoms with Crippen molar-refractivity contribution in [1.29, 1.82) is 0 Å². The van der Waals surface area contributed by atoms with Crippen LogP contribution in [0.5, 0.6) is 5.75 Å². The summed E-state index contributed by atoms with van der Waals surface area (Å²) in [4.78, 5) is 37.1. The first-order valence-electron chi connectivity index (χ1n) is 7.43. The van der Waals surface area contributed by atoms with Crippen molar-refractivity contribution in [2.75, 3.05) is 0 Å². The highest BCUT2D eigenvalue weighted by atomic mass is 35.5. The van der Waals surface area contributed by atoms with Crippen molar-refractivity contribution in [3.8, 4) is 5.75 Å². The maximum absolute atomic E-state index is 12.3. The van der Waals surface area contributed by atoms with E-state index in [-0.39, 0.29) is 23.1 Å². The number of non-ortho nitro benzene ring substituents is 1. The summed E-state index contributed by atoms with van der Waals surface area (Å²) in [6.07, 6.45) is 0. The number of aromatic hydroxyl groups is 1. The standard InChI is InChI=1S/C17H12ClN3O5/c18-10-3-1-9(2-4-10)8-19-16(23)14-15(22)12-6-5-11(21(25)26)7-13(12)20-17(14)24/h1-7H,8H2,(H,19,23)(H2,20,22,24). The van der Waals surface area contributed by atoms with Gasteiger partial charge in [0.2, 0.25) is 0 Å². The molecule has 3 aromatic rings. The first-order chi connectivity index (χ1) is 12.4. The zero-order valence-electron chi connectivity index (χ0n) is 13.2. The normalized spacial score (nSPS) is 10.7. The minimum Gasteiger partial charge on any atom is -0.506 e. The van der Waals surface area contributed by atoms with Crippen LogP contribution in [0.15, 0.2) is 47.3 Å². The van der Waals surface area contributed by atoms with Crippen LogP contribution in [0, 0.1) is 10.1 Å². The summed E-state index contributed by atoms with van der Waals surface area (Å²) in [5, 5.41) is 24.3. The Morgan fingerprint density at radius 2 is 1.92 bits per heavy atom. The lowest BCUT2D eigenvalue weighted by Gasteiger charge is -2.09. The number of nitrogens with zero attached hydrogens (tertiary/aromatic N) is 1. The summed E-state index contributed by atoms with van der Waals surface area (Å²) >= 11 is 5.79. The number of carbonyl (C=O) groups excluding carboxylic acids is 1. The molecule has 3 rings (SSSR count). The van der Waals surface area contributed by atoms with E-state index in [0.29, 0.717) is 5.02 Å². The first kappa shape index (κ1) is 17.4. The predicted octanol–water partition coefficient (Wildman–Crippen LogP) is 2.73. The van der Waals surface area contributed by atoms with Crippen molar-refractivity contribution in [1.82, 2.24) is 10.3 Å². The number of rotatable bonds is 4. The van der Waals surface area contributed by atoms with E-state index < -0.39 is 27.7 Å². The SMILES string of the molecule is O=C(NCc1ccc(Cl)cc1)c1c(O)c2ccc([N+](=O)[O-])cc2[nH]c1=O. The van der Waals surface area contributed by atoms with Crippen molar-refractivity contribution in [2.45, 2.75) is 6.54 Å². The van der Waals surface area contributed by atoms with Crippen molar-refractivity contribution in [3.63, 3.8) is 0 Å². The molecule has 3 N–H and O–H groups in total. The van der Waals surface area contributed by atoms with Gasteiger partial charge in [-0.15, -0.1) is 0 Å². The third-order valence-electron chi connectivity index (χ3n) is 3.77. The number of hydrogen-bond acceptors (Lipinski definition) is 5. The monoisotopic (exact) mass is 373 g/mol. The van der Waals surface area contributed by atoms with Crippen molar-refractivity contribution >= 4 is 34.1 Å². The number of carbonyl (C=O) groups is 1. The lowest BCUT2D eigenvalue weighted by atomic mass is 10.1. The number of benzene rings is 2. The van der Waals surface area contributed by atoms with Gasteiger partial charge in [-0.1, -0.05) is 23.7 Å². The number of aromatic amines is 1. The second-order valence-corrected chi connectivity index (χ2v) is 5.91. The van der Waals surface area contributed by atoms with E-state index in [0.717, 1.165) is 11.6 Å². The van der Waals surface area contributed by atoms with Gasteiger partial charge in [0.1, 0.15) is 11.3 Å². The molecule has 0 aliphatic rings. The van der Waals surface area contributed by atoms with E-state index in [2.05, 4.69) is 10.3 Å². The molecule has 0 saturated carbocycles. The number of fused-ring (bicyclic) bond motifs is 1. The highest BCUT2D eigenvalue weighted by Gasteiger charge is 2.20. The smallest absolute Gasteiger partial charge is 0.271 e. The number of nitro benzene ring substituents is 1. The highest BCUT2D eigenvalue weighted by Crippen LogP contribution is 2.27. The molecule has 0 bridgehead atoms. The topological polar surface area (TPSA) is 125 Å². The minimum atomic E-state index is -0.843. The van der Waals surface area contributed by atoms with Gasteiger partial charge in [-0.05, 0) is 23.8 Å². The van der Waals surface area contributed by atoms with Crippen molar-refractivity contribution < 1.29 is 14.8 Å². The number of nitro groups is 1. The number of amides is 1. The lowest BCUT2D eigenvalue weighted by Crippen LogP contribution is -2.29. The van der Waals surface area contributed by atoms with E-state index >= 15 is 0 Å². The highest BCUT2D eigenvalue weighted by molar-refractivity contribution is 6.30. The Morgan fingerprint density at radius 3 is 2.58 bits per heavy atom. The molecular formula is C17H12ClN3O5. The molecule has 0 fully saturated rings. The van der Waals surface area contributed by atoms with Crippen molar-refractivity contribution in [3.05, 3.63) is 79.1 Å². The number of pyridine rings is 1. The molecule has 0 aliphatic carbocycles. The molecule has 2 aromatic carbocycles. The van der Waals surface area contributed by atoms with Gasteiger partial charge in [-0.3, -0.25) is 19.7 Å². The summed E-state index contributed by atoms with van der Waals surface area (Å²) in [7, 11) is 0. The maximum atomic E-state index is 12.3. The van der Waals surface area contributed by atoms with E-state index in [1.807, 2.05) is 0 Å². The Bertz CT molecular complexity index is 1080. The average Bonchev–Trinajstić information content (AvgIpc) is 2.60. The first-order valence-corrected chi connectivity index (χ1v) is 7.80. The van der Waals surface area contributed by atoms with E-state index in [9.17, 15) is 24.8 Å². The van der Waals surface area contributed by atoms with Gasteiger partial charge in [0.05, 0.1) is 10.4 Å². The molecule has 0 saturated heterocycles. The van der Waals surface area contributed by atoms with E-state index in [1.165, 1.54) is 12.1 Å². The zero-order chi connectivity index (χ0) is 18.8. The van der Waals surface area contributed by atoms with Crippen LogP contribution < -0.4 is 10.9 Å². The van der Waals surface area contributed by atoms with Gasteiger partial charge in [-0.2, -0.15) is 0 Å². The fourth-order valence-electron chi connectivity index (χ4n) is 2.47. The molecule has 0 unspecified atom stereocenters. The zero-order valence-corrected chi connectivity index (χ0v) is 13.9. The molecule has 26 heavy (non-hydrogen) atoms. The molecule has 1 heterocycles. The molecule has 132 valence electrons. The van der Waals surface area contributed by atoms with Crippen LogP contribution >= 0.6 is 11.6 Å². The summed E-state index contributed by atoms with van der Waals surface area (Å²) in [5.41, 5.74) is -0.719. The van der Waals surface area contributed by atoms with Crippen LogP contribution in [0.25, 0.3) is 10.9 Å². The molecule has 0 radical (unpaired) electrons. The van der Waals surface area contributed by atoms with Crippen LogP contribution in [-0.4, -0.2) is 20.9 Å². The summed E-state index contributed by atoms with van der Waals surface area (Å²) in [6.45, 7) is 0.132. The van der Waals surface area contributed by atoms with Crippen LogP contribution in [0.1, 0.15) is 15.9 Å². The fourth-order valence-corrected chi connectivity index (χ4v) is 2.59. The molecular weight excluding hydrogens is 362 g/mol. The van der Waals surface area contributed by atoms with Crippen LogP contribution in [0.4, 0.5) is 5.69 Å². The van der Waals surface area contributed by atoms with Gasteiger partial charge < -0.3 is 15.4 Å². The number of H-pyrrole nitrogens is 1. The van der Waals surface area contributed by atoms with Crippen molar-refractivity contribution in [2.24, 2.45) is 0 Å².